The summed E-state index contributed by atoms with van der Waals surface area (Å²) < 4.78 is 36.5. The number of allylic oxidation sites excluding steroid dienone is 1. The number of hydrogen-bond acceptors (Lipinski definition) is 11. The summed E-state index contributed by atoms with van der Waals surface area (Å²) in [6.07, 6.45) is 4.22. The Morgan fingerprint density at radius 1 is 0.683 bits per heavy atom. The van der Waals surface area contributed by atoms with Crippen LogP contribution in [-0.2, 0) is 6.42 Å². The van der Waals surface area contributed by atoms with E-state index in [-0.39, 0.29) is 10.3 Å². The van der Waals surface area contributed by atoms with Gasteiger partial charge in [-0.1, -0.05) is 64.1 Å². The molecule has 0 bridgehead atoms. The molecular weight excluding hydrogens is 690 g/mol. The monoisotopic (exact) mass is 704 g/mol. The first-order chi connectivity index (χ1) is 19.8. The third-order valence-electron chi connectivity index (χ3n) is 6.00. The molecule has 3 heterocycles. The van der Waals surface area contributed by atoms with E-state index in [4.69, 9.17) is 67.5 Å². The predicted molar refractivity (Wildman–Crippen MR) is 169 cm³/mol. The smallest absolute Gasteiger partial charge is 0.171 e. The molecule has 0 aliphatic carbocycles. The zero-order valence-corrected chi connectivity index (χ0v) is 27.4. The second-order valence-electron chi connectivity index (χ2n) is 8.40. The first-order valence-corrected chi connectivity index (χ1v) is 15.8. The van der Waals surface area contributed by atoms with Crippen LogP contribution in [0, 0.1) is 0 Å². The highest BCUT2D eigenvalue weighted by Gasteiger charge is 2.23. The van der Waals surface area contributed by atoms with Crippen molar-refractivity contribution in [3.63, 3.8) is 0 Å². The average Bonchev–Trinajstić information content (AvgIpc) is 3.69. The Morgan fingerprint density at radius 3 is 1.59 bits per heavy atom. The highest BCUT2D eigenvalue weighted by molar-refractivity contribution is 7.00. The lowest BCUT2D eigenvalue weighted by atomic mass is 9.92. The third-order valence-corrected chi connectivity index (χ3v) is 9.32. The number of benzene rings is 2. The van der Waals surface area contributed by atoms with Crippen LogP contribution in [0.15, 0.2) is 30.3 Å². The minimum absolute atomic E-state index is 0.251. The topological polar surface area (TPSA) is 95.8 Å². The number of aromatic nitrogens is 6. The van der Waals surface area contributed by atoms with Gasteiger partial charge in [-0.25, -0.2) is 0 Å². The molecule has 2 aromatic carbocycles. The van der Waals surface area contributed by atoms with Crippen LogP contribution in [0.1, 0.15) is 29.7 Å². The molecule has 0 N–H and O–H groups in total. The molecule has 0 unspecified atom stereocenters. The second-order valence-corrected chi connectivity index (χ2v) is 11.9. The molecule has 212 valence electrons. The standard InChI is InChI=1S/C25H17Cl5N6O2S3/c1-37-21-14(19-24(29)35-40-32-19)7-11(9-16(21)26)13(5-3-4-6-18-23(28)34-39-31-18)12-8-15(20-25(30)36-41-33-20)22(38-2)17(27)10-12/h5,7-10H,3-4,6H2,1-2H3. The van der Waals surface area contributed by atoms with Crippen molar-refractivity contribution in [3.05, 3.63) is 72.7 Å². The Labute approximate surface area is 272 Å². The number of methoxy groups -OCH3 is 2. The number of ether oxygens (including phenoxy) is 2. The minimum atomic E-state index is 0.251. The van der Waals surface area contributed by atoms with Crippen molar-refractivity contribution in [1.29, 1.82) is 0 Å². The molecule has 3 aromatic heterocycles. The number of unbranched alkanes of at least 4 members (excludes halogenated alkanes) is 1. The zero-order valence-electron chi connectivity index (χ0n) is 21.1. The summed E-state index contributed by atoms with van der Waals surface area (Å²) in [5, 5.41) is 1.69. The fourth-order valence-corrected chi connectivity index (χ4v) is 7.08. The predicted octanol–water partition coefficient (Wildman–Crippen LogP) is 9.31. The van der Waals surface area contributed by atoms with Crippen LogP contribution >= 0.6 is 93.2 Å². The van der Waals surface area contributed by atoms with Crippen molar-refractivity contribution in [2.75, 3.05) is 14.2 Å². The van der Waals surface area contributed by atoms with Crippen LogP contribution in [0.4, 0.5) is 0 Å². The number of hydrogen-bond donors (Lipinski definition) is 0. The Hall–Kier alpha value is -2.09. The van der Waals surface area contributed by atoms with E-state index in [0.717, 1.165) is 64.0 Å². The molecule has 16 heteroatoms. The van der Waals surface area contributed by atoms with Gasteiger partial charge in [-0.05, 0) is 60.2 Å². The van der Waals surface area contributed by atoms with Gasteiger partial charge in [0, 0.05) is 11.1 Å². The summed E-state index contributed by atoms with van der Waals surface area (Å²) in [4.78, 5) is 0. The van der Waals surface area contributed by atoms with Crippen molar-refractivity contribution >= 4 is 98.8 Å². The van der Waals surface area contributed by atoms with Gasteiger partial charge in [0.25, 0.3) is 0 Å². The van der Waals surface area contributed by atoms with Crippen LogP contribution in [0.2, 0.25) is 25.5 Å². The van der Waals surface area contributed by atoms with E-state index < -0.39 is 0 Å². The quantitative estimate of drug-likeness (QED) is 0.133. The molecule has 0 saturated heterocycles. The molecule has 0 saturated carbocycles. The summed E-state index contributed by atoms with van der Waals surface area (Å²) in [6, 6.07) is 7.46. The molecule has 5 aromatic rings. The van der Waals surface area contributed by atoms with Crippen molar-refractivity contribution in [1.82, 2.24) is 26.2 Å². The molecule has 41 heavy (non-hydrogen) atoms. The molecule has 0 spiro atoms. The zero-order chi connectivity index (χ0) is 29.1. The molecule has 8 nitrogen and oxygen atoms in total. The van der Waals surface area contributed by atoms with Gasteiger partial charge in [0.05, 0.1) is 65.1 Å². The van der Waals surface area contributed by atoms with Gasteiger partial charge >= 0.3 is 0 Å². The summed E-state index contributed by atoms with van der Waals surface area (Å²) in [5.41, 5.74) is 5.30. The molecule has 0 atom stereocenters. The molecule has 0 fully saturated rings. The van der Waals surface area contributed by atoms with Crippen LogP contribution in [0.5, 0.6) is 11.5 Å². The molecular formula is C25H17Cl5N6O2S3. The average molecular weight is 707 g/mol. The van der Waals surface area contributed by atoms with Gasteiger partial charge < -0.3 is 9.47 Å². The molecule has 0 aliphatic heterocycles. The largest absolute Gasteiger partial charge is 0.494 e. The first kappa shape index (κ1) is 30.4. The Balaban J connectivity index is 1.66. The van der Waals surface area contributed by atoms with Crippen LogP contribution in [0.25, 0.3) is 28.1 Å². The van der Waals surface area contributed by atoms with Crippen LogP contribution < -0.4 is 9.47 Å². The van der Waals surface area contributed by atoms with E-state index in [1.54, 1.807) is 0 Å². The SMILES string of the molecule is COc1c(Cl)cc(C(=CCCCc2nsnc2Cl)c2cc(Cl)c(OC)c(-c3nsnc3Cl)c2)cc1-c1nsnc1Cl. The summed E-state index contributed by atoms with van der Waals surface area (Å²) >= 11 is 35.5. The number of aryl methyl sites for hydroxylation is 1. The van der Waals surface area contributed by atoms with Crippen molar-refractivity contribution < 1.29 is 9.47 Å². The lowest BCUT2D eigenvalue weighted by Gasteiger charge is -2.17. The van der Waals surface area contributed by atoms with E-state index in [1.165, 1.54) is 14.2 Å². The van der Waals surface area contributed by atoms with E-state index in [0.29, 0.717) is 62.1 Å². The van der Waals surface area contributed by atoms with Crippen molar-refractivity contribution in [3.8, 4) is 34.0 Å². The maximum absolute atomic E-state index is 6.74. The van der Waals surface area contributed by atoms with Gasteiger partial charge in [-0.15, -0.1) is 0 Å². The van der Waals surface area contributed by atoms with Crippen molar-refractivity contribution in [2.45, 2.75) is 19.3 Å². The minimum Gasteiger partial charge on any atom is -0.494 e. The van der Waals surface area contributed by atoms with Crippen LogP contribution in [-0.4, -0.2) is 40.5 Å². The lowest BCUT2D eigenvalue weighted by Crippen LogP contribution is -1.97. The molecule has 0 amide bonds. The Morgan fingerprint density at radius 2 is 1.17 bits per heavy atom. The highest BCUT2D eigenvalue weighted by Crippen LogP contribution is 2.45. The van der Waals surface area contributed by atoms with E-state index >= 15 is 0 Å². The van der Waals surface area contributed by atoms with Crippen LogP contribution in [0.3, 0.4) is 0 Å². The Bertz CT molecular complexity index is 1640. The van der Waals surface area contributed by atoms with Gasteiger partial charge in [0.2, 0.25) is 0 Å². The van der Waals surface area contributed by atoms with Gasteiger partial charge in [-0.2, -0.15) is 26.2 Å². The maximum Gasteiger partial charge on any atom is 0.171 e. The fourth-order valence-electron chi connectivity index (χ4n) is 4.20. The van der Waals surface area contributed by atoms with Gasteiger partial charge in [-0.3, -0.25) is 0 Å². The molecule has 0 radical (unpaired) electrons. The van der Waals surface area contributed by atoms with Gasteiger partial charge in [0.1, 0.15) is 22.9 Å². The van der Waals surface area contributed by atoms with Gasteiger partial charge in [0.15, 0.2) is 15.5 Å². The third kappa shape index (κ3) is 6.47. The highest BCUT2D eigenvalue weighted by atomic mass is 35.5. The Kier molecular flexibility index (Phi) is 9.98. The summed E-state index contributed by atoms with van der Waals surface area (Å²) in [6.45, 7) is 0. The lowest BCUT2D eigenvalue weighted by molar-refractivity contribution is 0.416. The van der Waals surface area contributed by atoms with E-state index in [9.17, 15) is 0 Å². The van der Waals surface area contributed by atoms with Crippen molar-refractivity contribution in [2.24, 2.45) is 0 Å². The number of halogens is 5. The summed E-state index contributed by atoms with van der Waals surface area (Å²) in [5.74, 6) is 0.868. The molecule has 0 aliphatic rings. The molecule has 5 rings (SSSR count). The normalized spacial score (nSPS) is 11.1. The fraction of sp³-hybridized carbons (Fsp3) is 0.200. The maximum atomic E-state index is 6.74. The van der Waals surface area contributed by atoms with E-state index in [1.807, 2.05) is 24.3 Å². The number of rotatable bonds is 10. The second kappa shape index (κ2) is 13.5. The first-order valence-electron chi connectivity index (χ1n) is 11.7. The summed E-state index contributed by atoms with van der Waals surface area (Å²) in [7, 11) is 3.07. The number of nitrogens with zero attached hydrogens (tertiary/aromatic N) is 6. The van der Waals surface area contributed by atoms with E-state index in [2.05, 4.69) is 32.3 Å².